The van der Waals surface area contributed by atoms with Gasteiger partial charge >= 0.3 is 0 Å². The van der Waals surface area contributed by atoms with Crippen LogP contribution in [-0.4, -0.2) is 63.3 Å². The fraction of sp³-hybridized carbons (Fsp3) is 0.200. The van der Waals surface area contributed by atoms with Gasteiger partial charge in [0.25, 0.3) is 0 Å². The van der Waals surface area contributed by atoms with E-state index in [2.05, 4.69) is 0 Å². The lowest BCUT2D eigenvalue weighted by molar-refractivity contribution is 0.00179. The molecular formula is C30H26O12. The molecule has 4 aromatic carbocycles. The van der Waals surface area contributed by atoms with Crippen LogP contribution in [0.25, 0.3) is 0 Å². The Hall–Kier alpha value is -5.20. The van der Waals surface area contributed by atoms with Crippen LogP contribution >= 0.6 is 0 Å². The molecule has 10 N–H and O–H groups in total. The van der Waals surface area contributed by atoms with Crippen molar-refractivity contribution in [2.24, 2.45) is 0 Å². The van der Waals surface area contributed by atoms with Crippen LogP contribution in [0.5, 0.6) is 57.5 Å². The molecule has 2 heterocycles. The first kappa shape index (κ1) is 27.0. The third kappa shape index (κ3) is 4.24. The van der Waals surface area contributed by atoms with Gasteiger partial charge in [0.1, 0.15) is 41.0 Å². The zero-order valence-electron chi connectivity index (χ0n) is 21.6. The van der Waals surface area contributed by atoms with E-state index in [4.69, 9.17) is 9.47 Å². The maximum atomic E-state index is 11.7. The highest BCUT2D eigenvalue weighted by molar-refractivity contribution is 5.64. The summed E-state index contributed by atoms with van der Waals surface area (Å²) in [5.74, 6) is -5.14. The Morgan fingerprint density at radius 2 is 1.29 bits per heavy atom. The van der Waals surface area contributed by atoms with Crippen molar-refractivity contribution in [1.82, 2.24) is 0 Å². The summed E-state index contributed by atoms with van der Waals surface area (Å²) < 4.78 is 12.2. The average molecular weight is 579 g/mol. The maximum absolute atomic E-state index is 11.7. The minimum atomic E-state index is -1.54. The SMILES string of the molecule is Oc1ccc2c(c1)O[C@H](c1cc(O)c(O)c(O)c1)[C@@H](O)[C@H]2c1c(O)cc(O)c2c1O[C@H](c1ccc(O)c(O)c1)[C@@H](O)C2. The summed E-state index contributed by atoms with van der Waals surface area (Å²) in [4.78, 5) is 0. The summed E-state index contributed by atoms with van der Waals surface area (Å²) in [6.45, 7) is 0. The Morgan fingerprint density at radius 1 is 0.595 bits per heavy atom. The molecule has 0 saturated heterocycles. The quantitative estimate of drug-likeness (QED) is 0.159. The van der Waals surface area contributed by atoms with E-state index in [1.54, 1.807) is 0 Å². The molecule has 0 amide bonds. The highest BCUT2D eigenvalue weighted by Crippen LogP contribution is 2.55. The number of benzene rings is 4. The van der Waals surface area contributed by atoms with Crippen molar-refractivity contribution >= 4 is 0 Å². The van der Waals surface area contributed by atoms with Crippen LogP contribution in [0.3, 0.4) is 0 Å². The minimum absolute atomic E-state index is 0.00247. The van der Waals surface area contributed by atoms with Gasteiger partial charge in [0.2, 0.25) is 0 Å². The molecule has 6 rings (SSSR count). The van der Waals surface area contributed by atoms with E-state index in [0.717, 1.165) is 18.2 Å². The second-order valence-electron chi connectivity index (χ2n) is 10.3. The van der Waals surface area contributed by atoms with E-state index in [1.807, 2.05) is 0 Å². The highest BCUT2D eigenvalue weighted by atomic mass is 16.5. The number of phenols is 8. The molecule has 0 aliphatic carbocycles. The molecule has 0 unspecified atom stereocenters. The summed E-state index contributed by atoms with van der Waals surface area (Å²) in [5.41, 5.74) is 0.770. The van der Waals surface area contributed by atoms with Crippen molar-refractivity contribution in [2.75, 3.05) is 0 Å². The van der Waals surface area contributed by atoms with Gasteiger partial charge in [-0.3, -0.25) is 0 Å². The smallest absolute Gasteiger partial charge is 0.200 e. The number of ether oxygens (including phenoxy) is 2. The number of phenolic OH excluding ortho intramolecular Hbond substituents is 8. The number of aliphatic hydroxyl groups excluding tert-OH is 2. The van der Waals surface area contributed by atoms with Crippen LogP contribution in [0.4, 0.5) is 0 Å². The molecule has 4 aromatic rings. The molecule has 42 heavy (non-hydrogen) atoms. The maximum Gasteiger partial charge on any atom is 0.200 e. The predicted octanol–water partition coefficient (Wildman–Crippen LogP) is 3.00. The topological polar surface area (TPSA) is 221 Å². The summed E-state index contributed by atoms with van der Waals surface area (Å²) >= 11 is 0. The standard InChI is InChI=1S/C30H26O12/c31-13-2-3-14-23(8-13)41-29(12-6-20(36)26(39)21(37)7-12)27(40)24(14)25-19(35)10-17(33)15-9-22(38)28(42-30(15)25)11-1-4-16(32)18(34)5-11/h1-8,10,22,24,27-29,31-40H,9H2/t22-,24+,27-,28+,29+/m0/s1. The number of hydrogen-bond acceptors (Lipinski definition) is 12. The van der Waals surface area contributed by atoms with E-state index in [1.165, 1.54) is 36.4 Å². The highest BCUT2D eigenvalue weighted by Gasteiger charge is 2.45. The Labute approximate surface area is 237 Å². The molecule has 2 aliphatic heterocycles. The number of fused-ring (bicyclic) bond motifs is 2. The van der Waals surface area contributed by atoms with Crippen molar-refractivity contribution in [2.45, 2.75) is 36.8 Å². The Balaban J connectivity index is 1.53. The summed E-state index contributed by atoms with van der Waals surface area (Å²) in [5, 5.41) is 105. The molecule has 2 aliphatic rings. The van der Waals surface area contributed by atoms with Gasteiger partial charge in [-0.25, -0.2) is 0 Å². The lowest BCUT2D eigenvalue weighted by atomic mass is 9.77. The number of hydrogen-bond donors (Lipinski definition) is 10. The number of aromatic hydroxyl groups is 8. The fourth-order valence-electron chi connectivity index (χ4n) is 5.68. The van der Waals surface area contributed by atoms with E-state index in [0.29, 0.717) is 5.56 Å². The first-order valence-corrected chi connectivity index (χ1v) is 12.8. The zero-order valence-corrected chi connectivity index (χ0v) is 21.6. The van der Waals surface area contributed by atoms with Crippen molar-refractivity contribution < 1.29 is 60.5 Å². The van der Waals surface area contributed by atoms with Gasteiger partial charge in [-0.2, -0.15) is 0 Å². The van der Waals surface area contributed by atoms with Gasteiger partial charge in [-0.05, 0) is 35.9 Å². The zero-order chi connectivity index (χ0) is 30.0. The molecule has 0 fully saturated rings. The molecule has 0 aromatic heterocycles. The third-order valence-corrected chi connectivity index (χ3v) is 7.68. The lowest BCUT2D eigenvalue weighted by Crippen LogP contribution is -2.36. The third-order valence-electron chi connectivity index (χ3n) is 7.68. The molecule has 218 valence electrons. The first-order chi connectivity index (χ1) is 19.9. The lowest BCUT2D eigenvalue weighted by Gasteiger charge is -2.40. The molecule has 0 saturated carbocycles. The van der Waals surface area contributed by atoms with Crippen molar-refractivity contribution in [3.05, 3.63) is 82.4 Å². The predicted molar refractivity (Wildman–Crippen MR) is 143 cm³/mol. The van der Waals surface area contributed by atoms with Crippen LogP contribution in [0, 0.1) is 0 Å². The fourth-order valence-corrected chi connectivity index (χ4v) is 5.68. The van der Waals surface area contributed by atoms with Gasteiger partial charge in [0.05, 0.1) is 6.10 Å². The molecule has 12 heteroatoms. The first-order valence-electron chi connectivity index (χ1n) is 12.8. The van der Waals surface area contributed by atoms with Crippen LogP contribution in [0.15, 0.2) is 54.6 Å². The largest absolute Gasteiger partial charge is 0.508 e. The summed E-state index contributed by atoms with van der Waals surface area (Å²) in [6, 6.07) is 11.2. The Bertz CT molecular complexity index is 1690. The van der Waals surface area contributed by atoms with Gasteiger partial charge in [0.15, 0.2) is 34.9 Å². The Kier molecular flexibility index (Phi) is 6.24. The molecule has 12 nitrogen and oxygen atoms in total. The monoisotopic (exact) mass is 578 g/mol. The van der Waals surface area contributed by atoms with Crippen LogP contribution in [0.2, 0.25) is 0 Å². The molecule has 0 bridgehead atoms. The Morgan fingerprint density at radius 3 is 1.98 bits per heavy atom. The molecule has 5 atom stereocenters. The normalized spacial score (nSPS) is 22.9. The van der Waals surface area contributed by atoms with Gasteiger partial charge in [-0.1, -0.05) is 12.1 Å². The van der Waals surface area contributed by atoms with Crippen LogP contribution in [0.1, 0.15) is 45.9 Å². The van der Waals surface area contributed by atoms with E-state index < -0.39 is 59.1 Å². The van der Waals surface area contributed by atoms with Crippen molar-refractivity contribution in [1.29, 1.82) is 0 Å². The van der Waals surface area contributed by atoms with Gasteiger partial charge < -0.3 is 60.5 Å². The molecular weight excluding hydrogens is 552 g/mol. The van der Waals surface area contributed by atoms with Gasteiger partial charge in [-0.15, -0.1) is 0 Å². The van der Waals surface area contributed by atoms with E-state index in [-0.39, 0.29) is 57.4 Å². The van der Waals surface area contributed by atoms with Crippen molar-refractivity contribution in [3.8, 4) is 57.5 Å². The van der Waals surface area contributed by atoms with Gasteiger partial charge in [0, 0.05) is 46.7 Å². The number of aliphatic hydroxyl groups is 2. The van der Waals surface area contributed by atoms with Crippen molar-refractivity contribution in [3.63, 3.8) is 0 Å². The van der Waals surface area contributed by atoms with Crippen LogP contribution in [-0.2, 0) is 6.42 Å². The second kappa shape index (κ2) is 9.72. The minimum Gasteiger partial charge on any atom is -0.508 e. The molecule has 0 radical (unpaired) electrons. The average Bonchev–Trinajstić information content (AvgIpc) is 2.94. The number of rotatable bonds is 3. The summed E-state index contributed by atoms with van der Waals surface area (Å²) in [6.07, 6.45) is -5.35. The molecule has 0 spiro atoms. The van der Waals surface area contributed by atoms with Crippen LogP contribution < -0.4 is 9.47 Å². The summed E-state index contributed by atoms with van der Waals surface area (Å²) in [7, 11) is 0. The van der Waals surface area contributed by atoms with E-state index in [9.17, 15) is 51.1 Å². The second-order valence-corrected chi connectivity index (χ2v) is 10.3. The van der Waals surface area contributed by atoms with E-state index >= 15 is 0 Å².